The van der Waals surface area contributed by atoms with Gasteiger partial charge in [-0.05, 0) is 23.3 Å². The molecule has 118 valence electrons. The molecule has 3 aromatic rings. The molecule has 0 bridgehead atoms. The zero-order chi connectivity index (χ0) is 16.5. The Morgan fingerprint density at radius 2 is 1.58 bits per heavy atom. The van der Waals surface area contributed by atoms with E-state index in [9.17, 15) is 4.79 Å². The number of nitrogens with one attached hydrogen (secondary N) is 3. The van der Waals surface area contributed by atoms with Crippen molar-refractivity contribution in [2.24, 2.45) is 4.99 Å². The quantitative estimate of drug-likeness (QED) is 0.625. The third-order valence-electron chi connectivity index (χ3n) is 3.91. The van der Waals surface area contributed by atoms with Gasteiger partial charge in [-0.2, -0.15) is 0 Å². The molecule has 0 saturated carbocycles. The summed E-state index contributed by atoms with van der Waals surface area (Å²) in [4.78, 5) is 22.4. The summed E-state index contributed by atoms with van der Waals surface area (Å²) in [7, 11) is 0. The molecular formula is C18H14N4OS. The number of hydrogen-bond donors (Lipinski definition) is 3. The number of aliphatic imine (C=N–C) groups is 1. The SMILES string of the molecule is O=c1[nH]c(=S)[nH]c2c1N=C(c1ccccc1)C(c1ccccc1)N2. The first-order valence-corrected chi connectivity index (χ1v) is 7.95. The van der Waals surface area contributed by atoms with Crippen molar-refractivity contribution in [1.82, 2.24) is 9.97 Å². The Hall–Kier alpha value is -2.99. The van der Waals surface area contributed by atoms with Crippen molar-refractivity contribution in [2.45, 2.75) is 6.04 Å². The zero-order valence-corrected chi connectivity index (χ0v) is 13.4. The van der Waals surface area contributed by atoms with Crippen molar-refractivity contribution < 1.29 is 0 Å². The topological polar surface area (TPSA) is 73.0 Å². The molecule has 0 radical (unpaired) electrons. The fraction of sp³-hybridized carbons (Fsp3) is 0.0556. The largest absolute Gasteiger partial charge is 0.357 e. The summed E-state index contributed by atoms with van der Waals surface area (Å²) in [5.41, 5.74) is 2.83. The summed E-state index contributed by atoms with van der Waals surface area (Å²) < 4.78 is 0.274. The number of H-pyrrole nitrogens is 2. The van der Waals surface area contributed by atoms with E-state index in [0.29, 0.717) is 11.5 Å². The average Bonchev–Trinajstić information content (AvgIpc) is 2.62. The van der Waals surface area contributed by atoms with Gasteiger partial charge >= 0.3 is 0 Å². The van der Waals surface area contributed by atoms with Gasteiger partial charge in [-0.1, -0.05) is 60.7 Å². The highest BCUT2D eigenvalue weighted by atomic mass is 32.1. The van der Waals surface area contributed by atoms with Gasteiger partial charge in [-0.3, -0.25) is 9.78 Å². The predicted octanol–water partition coefficient (Wildman–Crippen LogP) is 3.72. The molecule has 4 rings (SSSR count). The molecule has 0 aliphatic carbocycles. The molecular weight excluding hydrogens is 320 g/mol. The maximum atomic E-state index is 12.2. The first-order chi connectivity index (χ1) is 11.7. The van der Waals surface area contributed by atoms with Crippen LogP contribution in [0, 0.1) is 4.77 Å². The molecule has 0 fully saturated rings. The number of aromatic amines is 2. The highest BCUT2D eigenvalue weighted by Gasteiger charge is 2.27. The van der Waals surface area contributed by atoms with Crippen molar-refractivity contribution in [1.29, 1.82) is 0 Å². The molecule has 2 aromatic carbocycles. The van der Waals surface area contributed by atoms with Crippen LogP contribution in [0.25, 0.3) is 0 Å². The maximum absolute atomic E-state index is 12.2. The minimum atomic E-state index is -0.304. The van der Waals surface area contributed by atoms with Gasteiger partial charge in [0.25, 0.3) is 5.56 Å². The van der Waals surface area contributed by atoms with Crippen LogP contribution < -0.4 is 10.9 Å². The lowest BCUT2D eigenvalue weighted by molar-refractivity contribution is 0.962. The minimum Gasteiger partial charge on any atom is -0.357 e. The standard InChI is InChI=1S/C18H14N4OS/c23-17-15-16(21-18(24)22-17)20-14(12-9-5-2-6-10-12)13(19-15)11-7-3-1-4-8-11/h1-10,14H,(H3,20,21,22,23,24). The Morgan fingerprint density at radius 1 is 0.917 bits per heavy atom. The summed E-state index contributed by atoms with van der Waals surface area (Å²) in [6.45, 7) is 0. The van der Waals surface area contributed by atoms with Crippen molar-refractivity contribution in [3.05, 3.63) is 86.9 Å². The number of fused-ring (bicyclic) bond motifs is 1. The van der Waals surface area contributed by atoms with E-state index in [1.807, 2.05) is 60.7 Å². The van der Waals surface area contributed by atoms with Gasteiger partial charge in [0.2, 0.25) is 0 Å². The van der Waals surface area contributed by atoms with E-state index >= 15 is 0 Å². The van der Waals surface area contributed by atoms with Crippen LogP contribution in [0.3, 0.4) is 0 Å². The van der Waals surface area contributed by atoms with Gasteiger partial charge in [0, 0.05) is 0 Å². The lowest BCUT2D eigenvalue weighted by Crippen LogP contribution is -2.28. The van der Waals surface area contributed by atoms with Gasteiger partial charge in [0.05, 0.1) is 11.8 Å². The monoisotopic (exact) mass is 334 g/mol. The zero-order valence-electron chi connectivity index (χ0n) is 12.6. The Morgan fingerprint density at radius 3 is 2.29 bits per heavy atom. The molecule has 1 aliphatic heterocycles. The van der Waals surface area contributed by atoms with Crippen molar-refractivity contribution >= 4 is 29.4 Å². The van der Waals surface area contributed by atoms with Gasteiger partial charge in [-0.25, -0.2) is 4.99 Å². The second-order valence-electron chi connectivity index (χ2n) is 5.48. The molecule has 6 heteroatoms. The van der Waals surface area contributed by atoms with Gasteiger partial charge in [-0.15, -0.1) is 0 Å². The predicted molar refractivity (Wildman–Crippen MR) is 97.7 cm³/mol. The van der Waals surface area contributed by atoms with E-state index < -0.39 is 0 Å². The number of hydrogen-bond acceptors (Lipinski definition) is 4. The summed E-state index contributed by atoms with van der Waals surface area (Å²) in [5.74, 6) is 0.539. The summed E-state index contributed by atoms with van der Waals surface area (Å²) in [6.07, 6.45) is 0. The first-order valence-electron chi connectivity index (χ1n) is 7.54. The van der Waals surface area contributed by atoms with Crippen molar-refractivity contribution in [3.63, 3.8) is 0 Å². The van der Waals surface area contributed by atoms with Crippen LogP contribution in [-0.2, 0) is 0 Å². The second kappa shape index (κ2) is 5.90. The van der Waals surface area contributed by atoms with E-state index in [4.69, 9.17) is 12.2 Å². The summed E-state index contributed by atoms with van der Waals surface area (Å²) >= 11 is 5.06. The molecule has 0 spiro atoms. The highest BCUT2D eigenvalue weighted by Crippen LogP contribution is 2.33. The lowest BCUT2D eigenvalue weighted by Gasteiger charge is -2.27. The lowest BCUT2D eigenvalue weighted by atomic mass is 9.95. The Labute approximate surface area is 143 Å². The third-order valence-corrected chi connectivity index (χ3v) is 4.12. The van der Waals surface area contributed by atoms with Crippen LogP contribution in [0.4, 0.5) is 11.5 Å². The molecule has 0 saturated heterocycles. The normalized spacial score (nSPS) is 16.0. The Bertz CT molecular complexity index is 1020. The van der Waals surface area contributed by atoms with Gasteiger partial charge < -0.3 is 10.3 Å². The van der Waals surface area contributed by atoms with E-state index in [0.717, 1.165) is 16.8 Å². The minimum absolute atomic E-state index is 0.173. The van der Waals surface area contributed by atoms with Crippen molar-refractivity contribution in [3.8, 4) is 0 Å². The molecule has 5 nitrogen and oxygen atoms in total. The van der Waals surface area contributed by atoms with Gasteiger partial charge in [0.1, 0.15) is 5.82 Å². The maximum Gasteiger partial charge on any atom is 0.279 e. The molecule has 0 amide bonds. The Balaban J connectivity index is 1.94. The average molecular weight is 334 g/mol. The van der Waals surface area contributed by atoms with Crippen LogP contribution in [0.1, 0.15) is 17.2 Å². The van der Waals surface area contributed by atoms with Crippen LogP contribution in [-0.4, -0.2) is 15.7 Å². The molecule has 1 aromatic heterocycles. The number of aromatic nitrogens is 2. The molecule has 1 atom stereocenters. The second-order valence-corrected chi connectivity index (χ2v) is 5.89. The number of rotatable bonds is 2. The molecule has 3 N–H and O–H groups in total. The fourth-order valence-electron chi connectivity index (χ4n) is 2.82. The number of anilines is 1. The molecule has 1 aliphatic rings. The van der Waals surface area contributed by atoms with Gasteiger partial charge in [0.15, 0.2) is 10.5 Å². The smallest absolute Gasteiger partial charge is 0.279 e. The highest BCUT2D eigenvalue weighted by molar-refractivity contribution is 7.71. The summed E-state index contributed by atoms with van der Waals surface area (Å²) in [6, 6.07) is 19.7. The first kappa shape index (κ1) is 14.6. The van der Waals surface area contributed by atoms with E-state index in [1.54, 1.807) is 0 Å². The van der Waals surface area contributed by atoms with E-state index in [-0.39, 0.29) is 16.4 Å². The van der Waals surface area contributed by atoms with E-state index in [2.05, 4.69) is 20.3 Å². The van der Waals surface area contributed by atoms with Crippen LogP contribution >= 0.6 is 12.2 Å². The van der Waals surface area contributed by atoms with Crippen LogP contribution in [0.15, 0.2) is 70.5 Å². The van der Waals surface area contributed by atoms with Crippen LogP contribution in [0.2, 0.25) is 0 Å². The number of nitrogens with zero attached hydrogens (tertiary/aromatic N) is 1. The molecule has 1 unspecified atom stereocenters. The van der Waals surface area contributed by atoms with Crippen molar-refractivity contribution in [2.75, 3.05) is 5.32 Å². The van der Waals surface area contributed by atoms with E-state index in [1.165, 1.54) is 0 Å². The fourth-order valence-corrected chi connectivity index (χ4v) is 3.01. The number of benzene rings is 2. The Kier molecular flexibility index (Phi) is 3.59. The third kappa shape index (κ3) is 2.57. The molecule has 2 heterocycles. The van der Waals surface area contributed by atoms with Crippen LogP contribution in [0.5, 0.6) is 0 Å². The molecule has 24 heavy (non-hydrogen) atoms. The summed E-state index contributed by atoms with van der Waals surface area (Å²) in [5, 5.41) is 3.37.